The molecule has 36 heavy (non-hydrogen) atoms. The standard InChI is InChI=1S/C26H31F4N3O2S/c27-21-10-17(9-20(11-21)26(28,29)30)12-32-24(34)25(19-1-2-19)6-3-22(14-35-15-25)33-7-4-18(5-8-33)23-13-31-16-36-23/h9-11,13,16,18-19,22H,1-8,12,14-15H2,(H,32,34)/t22?,25-/m0/s1. The Labute approximate surface area is 212 Å². The molecule has 0 bridgehead atoms. The number of hydrogen-bond acceptors (Lipinski definition) is 5. The van der Waals surface area contributed by atoms with E-state index in [0.717, 1.165) is 57.3 Å². The van der Waals surface area contributed by atoms with E-state index in [2.05, 4.69) is 15.2 Å². The summed E-state index contributed by atoms with van der Waals surface area (Å²) in [6, 6.07) is 2.65. The van der Waals surface area contributed by atoms with E-state index in [1.165, 1.54) is 4.88 Å². The summed E-state index contributed by atoms with van der Waals surface area (Å²) >= 11 is 1.71. The summed E-state index contributed by atoms with van der Waals surface area (Å²) in [4.78, 5) is 21.5. The van der Waals surface area contributed by atoms with E-state index >= 15 is 0 Å². The van der Waals surface area contributed by atoms with Crippen molar-refractivity contribution < 1.29 is 27.1 Å². The number of aromatic nitrogens is 1. The molecule has 1 N–H and O–H groups in total. The van der Waals surface area contributed by atoms with Crippen LogP contribution in [-0.4, -0.2) is 48.1 Å². The number of piperidine rings is 1. The van der Waals surface area contributed by atoms with E-state index in [4.69, 9.17) is 4.74 Å². The molecule has 1 unspecified atom stereocenters. The third kappa shape index (κ3) is 5.60. The Morgan fingerprint density at radius 3 is 2.61 bits per heavy atom. The van der Waals surface area contributed by atoms with Gasteiger partial charge < -0.3 is 10.1 Å². The number of halogens is 4. The molecule has 2 saturated heterocycles. The number of likely N-dealkylation sites (tertiary alicyclic amines) is 1. The van der Waals surface area contributed by atoms with Gasteiger partial charge in [0.1, 0.15) is 5.82 Å². The number of nitrogens with one attached hydrogen (secondary N) is 1. The molecule has 1 aromatic carbocycles. The summed E-state index contributed by atoms with van der Waals surface area (Å²) in [6.07, 6.45) is 2.90. The number of carbonyl (C=O) groups is 1. The van der Waals surface area contributed by atoms with Crippen LogP contribution in [0.5, 0.6) is 0 Å². The van der Waals surface area contributed by atoms with E-state index in [1.54, 1.807) is 11.3 Å². The molecule has 5 rings (SSSR count). The number of amides is 1. The first-order chi connectivity index (χ1) is 17.2. The summed E-state index contributed by atoms with van der Waals surface area (Å²) in [5.41, 5.74) is 0.240. The van der Waals surface area contributed by atoms with Crippen molar-refractivity contribution in [2.75, 3.05) is 26.3 Å². The highest BCUT2D eigenvalue weighted by molar-refractivity contribution is 7.09. The molecule has 1 saturated carbocycles. The van der Waals surface area contributed by atoms with Crippen molar-refractivity contribution in [2.24, 2.45) is 11.3 Å². The first-order valence-electron chi connectivity index (χ1n) is 12.6. The minimum absolute atomic E-state index is 0.0952. The molecular formula is C26H31F4N3O2S. The van der Waals surface area contributed by atoms with Crippen molar-refractivity contribution in [1.29, 1.82) is 0 Å². The number of hydrogen-bond donors (Lipinski definition) is 1. The van der Waals surface area contributed by atoms with E-state index in [9.17, 15) is 22.4 Å². The monoisotopic (exact) mass is 525 g/mol. The molecule has 5 nitrogen and oxygen atoms in total. The first-order valence-corrected chi connectivity index (χ1v) is 13.5. The van der Waals surface area contributed by atoms with Crippen molar-refractivity contribution in [2.45, 2.75) is 63.2 Å². The van der Waals surface area contributed by atoms with Crippen LogP contribution in [0.4, 0.5) is 17.6 Å². The molecule has 3 aliphatic rings. The lowest BCUT2D eigenvalue weighted by molar-refractivity contribution is -0.137. The maximum atomic E-state index is 13.8. The van der Waals surface area contributed by atoms with E-state index in [1.807, 2.05) is 11.7 Å². The van der Waals surface area contributed by atoms with Crippen molar-refractivity contribution in [1.82, 2.24) is 15.2 Å². The predicted octanol–water partition coefficient (Wildman–Crippen LogP) is 5.37. The minimum atomic E-state index is -4.64. The molecule has 196 valence electrons. The third-order valence-corrected chi connectivity index (χ3v) is 8.98. The molecule has 1 aliphatic carbocycles. The highest BCUT2D eigenvalue weighted by Crippen LogP contribution is 2.50. The summed E-state index contributed by atoms with van der Waals surface area (Å²) in [5.74, 6) is -0.401. The van der Waals surface area contributed by atoms with Gasteiger partial charge in [0.15, 0.2) is 0 Å². The van der Waals surface area contributed by atoms with Gasteiger partial charge >= 0.3 is 6.18 Å². The van der Waals surface area contributed by atoms with Crippen LogP contribution in [0.2, 0.25) is 0 Å². The Bertz CT molecular complexity index is 1050. The second kappa shape index (κ2) is 10.4. The molecule has 10 heteroatoms. The third-order valence-electron chi connectivity index (χ3n) is 8.04. The average Bonchev–Trinajstić information content (AvgIpc) is 3.61. The van der Waals surface area contributed by atoms with E-state index in [-0.39, 0.29) is 30.0 Å². The largest absolute Gasteiger partial charge is 0.416 e. The number of benzene rings is 1. The summed E-state index contributed by atoms with van der Waals surface area (Å²) < 4.78 is 59.1. The number of carbonyl (C=O) groups excluding carboxylic acids is 1. The quantitative estimate of drug-likeness (QED) is 0.515. The Kier molecular flexibility index (Phi) is 7.38. The highest BCUT2D eigenvalue weighted by Gasteiger charge is 2.52. The predicted molar refractivity (Wildman–Crippen MR) is 128 cm³/mol. The van der Waals surface area contributed by atoms with Gasteiger partial charge in [0.25, 0.3) is 0 Å². The Hall–Kier alpha value is -2.04. The zero-order valence-electron chi connectivity index (χ0n) is 20.0. The van der Waals surface area contributed by atoms with Crippen molar-refractivity contribution in [3.05, 3.63) is 51.7 Å². The van der Waals surface area contributed by atoms with E-state index in [0.29, 0.717) is 31.6 Å². The number of alkyl halides is 3. The topological polar surface area (TPSA) is 54.5 Å². The Morgan fingerprint density at radius 2 is 1.94 bits per heavy atom. The van der Waals surface area contributed by atoms with Gasteiger partial charge in [-0.15, -0.1) is 11.3 Å². The van der Waals surface area contributed by atoms with Crippen LogP contribution in [0.3, 0.4) is 0 Å². The molecule has 3 heterocycles. The lowest BCUT2D eigenvalue weighted by Crippen LogP contribution is -2.45. The Morgan fingerprint density at radius 1 is 1.17 bits per heavy atom. The fraction of sp³-hybridized carbons (Fsp3) is 0.615. The van der Waals surface area contributed by atoms with Gasteiger partial charge in [0.2, 0.25) is 5.91 Å². The summed E-state index contributed by atoms with van der Waals surface area (Å²) in [7, 11) is 0. The van der Waals surface area contributed by atoms with Crippen molar-refractivity contribution in [3.63, 3.8) is 0 Å². The van der Waals surface area contributed by atoms with Crippen LogP contribution in [0, 0.1) is 17.2 Å². The van der Waals surface area contributed by atoms with Crippen LogP contribution in [-0.2, 0) is 22.3 Å². The van der Waals surface area contributed by atoms with Crippen LogP contribution < -0.4 is 5.32 Å². The molecular weight excluding hydrogens is 494 g/mol. The van der Waals surface area contributed by atoms with Gasteiger partial charge in [-0.25, -0.2) is 4.39 Å². The lowest BCUT2D eigenvalue weighted by Gasteiger charge is -2.37. The number of rotatable bonds is 6. The minimum Gasteiger partial charge on any atom is -0.379 e. The highest BCUT2D eigenvalue weighted by atomic mass is 32.1. The molecule has 2 aromatic rings. The van der Waals surface area contributed by atoms with Crippen LogP contribution in [0.1, 0.15) is 60.4 Å². The molecule has 3 fully saturated rings. The molecule has 2 aliphatic heterocycles. The SMILES string of the molecule is O=C(NCc1cc(F)cc(C(F)(F)F)c1)[C@@]1(C2CC2)CCC(N2CCC(c3cncs3)CC2)COC1. The van der Waals surface area contributed by atoms with Crippen LogP contribution in [0.25, 0.3) is 0 Å². The average molecular weight is 526 g/mol. The maximum absolute atomic E-state index is 13.8. The van der Waals surface area contributed by atoms with Gasteiger partial charge in [-0.1, -0.05) is 0 Å². The molecule has 1 amide bonds. The fourth-order valence-corrected chi connectivity index (χ4v) is 6.61. The summed E-state index contributed by atoms with van der Waals surface area (Å²) in [5, 5.41) is 2.81. The van der Waals surface area contributed by atoms with Crippen LogP contribution in [0.15, 0.2) is 29.9 Å². The van der Waals surface area contributed by atoms with Crippen molar-refractivity contribution in [3.8, 4) is 0 Å². The second-order valence-electron chi connectivity index (χ2n) is 10.4. The zero-order valence-corrected chi connectivity index (χ0v) is 20.8. The number of nitrogens with zero attached hydrogens (tertiary/aromatic N) is 2. The molecule has 1 aromatic heterocycles. The summed E-state index contributed by atoms with van der Waals surface area (Å²) in [6.45, 7) is 2.71. The zero-order chi connectivity index (χ0) is 25.3. The Balaban J connectivity index is 1.20. The molecule has 2 atom stereocenters. The first kappa shape index (κ1) is 25.6. The normalized spacial score (nSPS) is 26.5. The van der Waals surface area contributed by atoms with Gasteiger partial charge in [0.05, 0.1) is 29.7 Å². The van der Waals surface area contributed by atoms with Gasteiger partial charge in [0, 0.05) is 23.7 Å². The van der Waals surface area contributed by atoms with Crippen molar-refractivity contribution >= 4 is 17.2 Å². The molecule has 0 radical (unpaired) electrons. The number of ether oxygens (including phenoxy) is 1. The van der Waals surface area contributed by atoms with E-state index < -0.39 is 23.0 Å². The molecule has 0 spiro atoms. The van der Waals surface area contributed by atoms with Gasteiger partial charge in [-0.2, -0.15) is 13.2 Å². The van der Waals surface area contributed by atoms with Crippen LogP contribution >= 0.6 is 11.3 Å². The number of thiazole rings is 1. The maximum Gasteiger partial charge on any atom is 0.416 e. The second-order valence-corrected chi connectivity index (χ2v) is 11.3. The smallest absolute Gasteiger partial charge is 0.379 e. The lowest BCUT2D eigenvalue weighted by atomic mass is 9.77. The van der Waals surface area contributed by atoms with Gasteiger partial charge in [-0.3, -0.25) is 14.7 Å². The van der Waals surface area contributed by atoms with Gasteiger partial charge in [-0.05, 0) is 87.2 Å². The fourth-order valence-electron chi connectivity index (χ4n) is 5.82.